The molecule has 0 unspecified atom stereocenters. The number of nitrogens with one attached hydrogen (secondary N) is 1. The van der Waals surface area contributed by atoms with Gasteiger partial charge in [0.15, 0.2) is 0 Å². The Balaban J connectivity index is 1.69. The summed E-state index contributed by atoms with van der Waals surface area (Å²) in [6.45, 7) is 3.92. The molecule has 1 saturated heterocycles. The molecule has 0 spiro atoms. The van der Waals surface area contributed by atoms with E-state index in [0.29, 0.717) is 0 Å². The minimum atomic E-state index is 0.826. The van der Waals surface area contributed by atoms with Crippen molar-refractivity contribution in [3.05, 3.63) is 47.6 Å². The standard InChI is InChI=1S/C16H19ClN4/c1-18-16-12-13(6-7-19-16)20-8-10-21(11-9-20)15-5-3-2-4-14(15)17/h2-7,12H,8-11H2,1H3,(H,18,19). The predicted octanol–water partition coefficient (Wildman–Crippen LogP) is 3.10. The van der Waals surface area contributed by atoms with Crippen molar-refractivity contribution < 1.29 is 0 Å². The smallest absolute Gasteiger partial charge is 0.127 e. The van der Waals surface area contributed by atoms with E-state index in [-0.39, 0.29) is 0 Å². The number of para-hydroxylation sites is 1. The molecule has 4 nitrogen and oxygen atoms in total. The van der Waals surface area contributed by atoms with E-state index < -0.39 is 0 Å². The van der Waals surface area contributed by atoms with E-state index in [1.54, 1.807) is 0 Å². The third-order valence-corrected chi connectivity index (χ3v) is 4.16. The number of hydrogen-bond donors (Lipinski definition) is 1. The molecule has 1 aliphatic heterocycles. The topological polar surface area (TPSA) is 31.4 Å². The van der Waals surface area contributed by atoms with E-state index >= 15 is 0 Å². The van der Waals surface area contributed by atoms with Gasteiger partial charge in [-0.2, -0.15) is 0 Å². The fourth-order valence-corrected chi connectivity index (χ4v) is 2.92. The van der Waals surface area contributed by atoms with Crippen LogP contribution in [0.2, 0.25) is 5.02 Å². The van der Waals surface area contributed by atoms with E-state index in [1.165, 1.54) is 5.69 Å². The van der Waals surface area contributed by atoms with Gasteiger partial charge in [0.25, 0.3) is 0 Å². The highest BCUT2D eigenvalue weighted by molar-refractivity contribution is 6.33. The molecule has 1 fully saturated rings. The van der Waals surface area contributed by atoms with Gasteiger partial charge < -0.3 is 15.1 Å². The molecule has 0 bridgehead atoms. The van der Waals surface area contributed by atoms with E-state index in [4.69, 9.17) is 11.6 Å². The maximum atomic E-state index is 6.28. The van der Waals surface area contributed by atoms with Crippen LogP contribution in [-0.2, 0) is 0 Å². The van der Waals surface area contributed by atoms with Crippen molar-refractivity contribution in [2.75, 3.05) is 48.3 Å². The van der Waals surface area contributed by atoms with E-state index in [1.807, 2.05) is 31.4 Å². The maximum Gasteiger partial charge on any atom is 0.127 e. The van der Waals surface area contributed by atoms with Crippen LogP contribution in [0.3, 0.4) is 0 Å². The van der Waals surface area contributed by atoms with Crippen molar-refractivity contribution in [3.8, 4) is 0 Å². The normalized spacial score (nSPS) is 15.1. The Bertz CT molecular complexity index is 609. The lowest BCUT2D eigenvalue weighted by atomic mass is 10.2. The molecule has 0 atom stereocenters. The van der Waals surface area contributed by atoms with Gasteiger partial charge in [-0.3, -0.25) is 0 Å². The minimum absolute atomic E-state index is 0.826. The number of benzene rings is 1. The van der Waals surface area contributed by atoms with Crippen LogP contribution < -0.4 is 15.1 Å². The second-order valence-electron chi connectivity index (χ2n) is 5.07. The second-order valence-corrected chi connectivity index (χ2v) is 5.48. The first-order valence-electron chi connectivity index (χ1n) is 7.16. The average molecular weight is 303 g/mol. The molecule has 110 valence electrons. The summed E-state index contributed by atoms with van der Waals surface area (Å²) in [7, 11) is 1.89. The first-order chi connectivity index (χ1) is 10.3. The Morgan fingerprint density at radius 2 is 1.76 bits per heavy atom. The molecular formula is C16H19ClN4. The van der Waals surface area contributed by atoms with E-state index in [9.17, 15) is 0 Å². The van der Waals surface area contributed by atoms with Gasteiger partial charge in [0.05, 0.1) is 10.7 Å². The van der Waals surface area contributed by atoms with Crippen molar-refractivity contribution in [2.45, 2.75) is 0 Å². The number of rotatable bonds is 3. The third-order valence-electron chi connectivity index (χ3n) is 3.84. The van der Waals surface area contributed by atoms with Crippen LogP contribution in [0.1, 0.15) is 0 Å². The van der Waals surface area contributed by atoms with Crippen molar-refractivity contribution >= 4 is 28.8 Å². The number of aromatic nitrogens is 1. The number of hydrogen-bond acceptors (Lipinski definition) is 4. The number of nitrogens with zero attached hydrogens (tertiary/aromatic N) is 3. The Morgan fingerprint density at radius 1 is 1.05 bits per heavy atom. The molecule has 2 aromatic rings. The molecule has 1 N–H and O–H groups in total. The summed E-state index contributed by atoms with van der Waals surface area (Å²) in [5, 5.41) is 3.91. The Morgan fingerprint density at radius 3 is 2.48 bits per heavy atom. The molecule has 3 rings (SSSR count). The molecule has 5 heteroatoms. The first kappa shape index (κ1) is 14.0. The summed E-state index contributed by atoms with van der Waals surface area (Å²) in [4.78, 5) is 8.99. The predicted molar refractivity (Wildman–Crippen MR) is 89.7 cm³/mol. The minimum Gasteiger partial charge on any atom is -0.373 e. The van der Waals surface area contributed by atoms with Crippen molar-refractivity contribution in [1.29, 1.82) is 0 Å². The molecule has 0 saturated carbocycles. The van der Waals surface area contributed by atoms with Gasteiger partial charge in [-0.1, -0.05) is 23.7 Å². The number of pyridine rings is 1. The maximum absolute atomic E-state index is 6.28. The lowest BCUT2D eigenvalue weighted by molar-refractivity contribution is 0.653. The fraction of sp³-hybridized carbons (Fsp3) is 0.312. The van der Waals surface area contributed by atoms with Gasteiger partial charge in [-0.05, 0) is 18.2 Å². The van der Waals surface area contributed by atoms with Crippen molar-refractivity contribution in [1.82, 2.24) is 4.98 Å². The van der Waals surface area contributed by atoms with Crippen LogP contribution >= 0.6 is 11.6 Å². The highest BCUT2D eigenvalue weighted by Gasteiger charge is 2.19. The summed E-state index contributed by atoms with van der Waals surface area (Å²) >= 11 is 6.28. The molecule has 1 aliphatic rings. The highest BCUT2D eigenvalue weighted by atomic mass is 35.5. The average Bonchev–Trinajstić information content (AvgIpc) is 2.56. The Hall–Kier alpha value is -1.94. The van der Waals surface area contributed by atoms with Gasteiger partial charge in [-0.15, -0.1) is 0 Å². The van der Waals surface area contributed by atoms with Gasteiger partial charge in [-0.25, -0.2) is 4.98 Å². The van der Waals surface area contributed by atoms with Crippen LogP contribution in [0, 0.1) is 0 Å². The Labute approximate surface area is 130 Å². The summed E-state index contributed by atoms with van der Waals surface area (Å²) in [6, 6.07) is 12.2. The molecule has 1 aromatic heterocycles. The molecule has 1 aromatic carbocycles. The van der Waals surface area contributed by atoms with Crippen molar-refractivity contribution in [2.24, 2.45) is 0 Å². The summed E-state index contributed by atoms with van der Waals surface area (Å²) in [5.74, 6) is 0.904. The number of halogens is 1. The lowest BCUT2D eigenvalue weighted by Crippen LogP contribution is -2.46. The van der Waals surface area contributed by atoms with Crippen LogP contribution in [0.4, 0.5) is 17.2 Å². The van der Waals surface area contributed by atoms with Crippen LogP contribution in [0.5, 0.6) is 0 Å². The first-order valence-corrected chi connectivity index (χ1v) is 7.54. The monoisotopic (exact) mass is 302 g/mol. The zero-order chi connectivity index (χ0) is 14.7. The fourth-order valence-electron chi connectivity index (χ4n) is 2.67. The molecule has 0 aliphatic carbocycles. The number of anilines is 3. The highest BCUT2D eigenvalue weighted by Crippen LogP contribution is 2.27. The lowest BCUT2D eigenvalue weighted by Gasteiger charge is -2.37. The third kappa shape index (κ3) is 3.05. The summed E-state index contributed by atoms with van der Waals surface area (Å²) < 4.78 is 0. The Kier molecular flexibility index (Phi) is 4.15. The molecule has 0 amide bonds. The molecule has 21 heavy (non-hydrogen) atoms. The quantitative estimate of drug-likeness (QED) is 0.944. The largest absolute Gasteiger partial charge is 0.373 e. The van der Waals surface area contributed by atoms with E-state index in [2.05, 4.69) is 38.3 Å². The zero-order valence-electron chi connectivity index (χ0n) is 12.1. The van der Waals surface area contributed by atoms with Gasteiger partial charge in [0.1, 0.15) is 5.82 Å². The van der Waals surface area contributed by atoms with Crippen LogP contribution in [0.25, 0.3) is 0 Å². The van der Waals surface area contributed by atoms with Gasteiger partial charge in [0.2, 0.25) is 0 Å². The zero-order valence-corrected chi connectivity index (χ0v) is 12.8. The summed E-state index contributed by atoms with van der Waals surface area (Å²) in [6.07, 6.45) is 1.85. The summed E-state index contributed by atoms with van der Waals surface area (Å²) in [5.41, 5.74) is 2.35. The van der Waals surface area contributed by atoms with E-state index in [0.717, 1.165) is 42.7 Å². The molecule has 0 radical (unpaired) electrons. The van der Waals surface area contributed by atoms with Crippen molar-refractivity contribution in [3.63, 3.8) is 0 Å². The van der Waals surface area contributed by atoms with Gasteiger partial charge in [0, 0.05) is 51.2 Å². The molecule has 2 heterocycles. The van der Waals surface area contributed by atoms with Crippen LogP contribution in [-0.4, -0.2) is 38.2 Å². The number of piperazine rings is 1. The second kappa shape index (κ2) is 6.22. The SMILES string of the molecule is CNc1cc(N2CCN(c3ccccc3Cl)CC2)ccn1. The van der Waals surface area contributed by atoms with Gasteiger partial charge >= 0.3 is 0 Å². The molecular weight excluding hydrogens is 284 g/mol. The van der Waals surface area contributed by atoms with Crippen LogP contribution in [0.15, 0.2) is 42.6 Å².